The molecule has 0 aliphatic heterocycles. The SMILES string of the molecule is CC/C=C\C/C=C\C/C=C\C/C=C\CCCCCCCCC(=O)OC(COC(=O)CCCCCCCC)COC(=O)CCCCCCCCCCCCCCCCCCCCCCCCCCCCCCCCCCCCC. The van der Waals surface area contributed by atoms with Crippen LogP contribution in [0.15, 0.2) is 48.6 Å². The molecule has 1 unspecified atom stereocenters. The van der Waals surface area contributed by atoms with E-state index < -0.39 is 6.10 Å². The summed E-state index contributed by atoms with van der Waals surface area (Å²) in [7, 11) is 0. The summed E-state index contributed by atoms with van der Waals surface area (Å²) in [6, 6.07) is 0. The van der Waals surface area contributed by atoms with Crippen molar-refractivity contribution in [1.82, 2.24) is 0 Å². The Labute approximate surface area is 486 Å². The van der Waals surface area contributed by atoms with Gasteiger partial charge in [0.2, 0.25) is 0 Å². The van der Waals surface area contributed by atoms with Crippen molar-refractivity contribution in [3.8, 4) is 0 Å². The highest BCUT2D eigenvalue weighted by Crippen LogP contribution is 2.19. The van der Waals surface area contributed by atoms with E-state index in [1.165, 1.54) is 238 Å². The van der Waals surface area contributed by atoms with E-state index in [0.29, 0.717) is 19.3 Å². The minimum Gasteiger partial charge on any atom is -0.462 e. The molecule has 0 saturated carbocycles. The van der Waals surface area contributed by atoms with Crippen LogP contribution in [-0.4, -0.2) is 37.2 Å². The number of carbonyl (C=O) groups is 3. The molecule has 0 heterocycles. The van der Waals surface area contributed by atoms with Crippen LogP contribution < -0.4 is 0 Å². The maximum atomic E-state index is 12.8. The molecule has 0 aromatic rings. The molecule has 0 saturated heterocycles. The van der Waals surface area contributed by atoms with Gasteiger partial charge in [-0.2, -0.15) is 0 Å². The summed E-state index contributed by atoms with van der Waals surface area (Å²) < 4.78 is 16.8. The Kier molecular flexibility index (Phi) is 64.6. The molecule has 0 amide bonds. The molecule has 0 N–H and O–H groups in total. The number of unbranched alkanes of at least 4 members (excludes halogenated alkanes) is 45. The molecule has 0 aromatic carbocycles. The molecular formula is C72H132O6. The van der Waals surface area contributed by atoms with E-state index in [-0.39, 0.29) is 31.1 Å². The van der Waals surface area contributed by atoms with E-state index in [4.69, 9.17) is 14.2 Å². The highest BCUT2D eigenvalue weighted by molar-refractivity contribution is 5.71. The first kappa shape index (κ1) is 75.4. The molecule has 0 radical (unpaired) electrons. The van der Waals surface area contributed by atoms with Crippen molar-refractivity contribution in [2.45, 2.75) is 380 Å². The highest BCUT2D eigenvalue weighted by atomic mass is 16.6. The van der Waals surface area contributed by atoms with Gasteiger partial charge in [0, 0.05) is 19.3 Å². The Morgan fingerprint density at radius 3 is 0.782 bits per heavy atom. The van der Waals surface area contributed by atoms with Crippen molar-refractivity contribution in [1.29, 1.82) is 0 Å². The predicted octanol–water partition coefficient (Wildman–Crippen LogP) is 23.7. The van der Waals surface area contributed by atoms with Crippen LogP contribution in [0.1, 0.15) is 374 Å². The third kappa shape index (κ3) is 64.2. The van der Waals surface area contributed by atoms with Gasteiger partial charge in [0.1, 0.15) is 13.2 Å². The second-order valence-electron chi connectivity index (χ2n) is 23.4. The molecular weight excluding hydrogens is 961 g/mol. The lowest BCUT2D eigenvalue weighted by molar-refractivity contribution is -0.167. The van der Waals surface area contributed by atoms with Crippen LogP contribution in [-0.2, 0) is 28.6 Å². The third-order valence-corrected chi connectivity index (χ3v) is 15.6. The lowest BCUT2D eigenvalue weighted by atomic mass is 10.0. The summed E-state index contributed by atoms with van der Waals surface area (Å²) in [6.07, 6.45) is 84.9. The van der Waals surface area contributed by atoms with E-state index in [0.717, 1.165) is 96.3 Å². The number of hydrogen-bond acceptors (Lipinski definition) is 6. The second-order valence-corrected chi connectivity index (χ2v) is 23.4. The summed E-state index contributed by atoms with van der Waals surface area (Å²) in [5.41, 5.74) is 0. The van der Waals surface area contributed by atoms with Crippen molar-refractivity contribution in [2.75, 3.05) is 13.2 Å². The van der Waals surface area contributed by atoms with Crippen LogP contribution in [0.3, 0.4) is 0 Å². The van der Waals surface area contributed by atoms with Gasteiger partial charge in [-0.15, -0.1) is 0 Å². The number of ether oxygens (including phenoxy) is 3. The Hall–Kier alpha value is -2.63. The fraction of sp³-hybridized carbons (Fsp3) is 0.847. The number of esters is 3. The quantitative estimate of drug-likeness (QED) is 0.0261. The van der Waals surface area contributed by atoms with E-state index in [9.17, 15) is 14.4 Å². The molecule has 6 heteroatoms. The summed E-state index contributed by atoms with van der Waals surface area (Å²) in [6.45, 7) is 6.51. The van der Waals surface area contributed by atoms with Gasteiger partial charge in [0.25, 0.3) is 0 Å². The average Bonchev–Trinajstić information content (AvgIpc) is 3.44. The lowest BCUT2D eigenvalue weighted by Gasteiger charge is -2.18. The molecule has 0 bridgehead atoms. The standard InChI is InChI=1S/C72H132O6/c1-4-7-10-13-16-18-20-22-24-26-28-29-30-31-32-33-34-35-36-37-38-39-40-41-42-43-45-46-48-50-52-54-56-59-62-65-71(74)77-68-69(67-76-70(73)64-61-58-15-12-9-6-3)78-72(75)66-63-60-57-55-53-51-49-47-44-27-25-23-21-19-17-14-11-8-5-2/h8,11,17,19,23,25,44,47,69H,4-7,9-10,12-16,18,20-22,24,26-43,45-46,48-68H2,1-3H3/b11-8-,19-17-,25-23-,47-44-. The Balaban J connectivity index is 3.91. The molecule has 78 heavy (non-hydrogen) atoms. The number of rotatable bonds is 64. The smallest absolute Gasteiger partial charge is 0.306 e. The van der Waals surface area contributed by atoms with Crippen molar-refractivity contribution in [2.24, 2.45) is 0 Å². The number of carbonyl (C=O) groups excluding carboxylic acids is 3. The average molecular weight is 1090 g/mol. The van der Waals surface area contributed by atoms with Crippen molar-refractivity contribution in [3.05, 3.63) is 48.6 Å². The van der Waals surface area contributed by atoms with Gasteiger partial charge >= 0.3 is 17.9 Å². The van der Waals surface area contributed by atoms with Crippen LogP contribution in [0.2, 0.25) is 0 Å². The van der Waals surface area contributed by atoms with Crippen LogP contribution >= 0.6 is 0 Å². The topological polar surface area (TPSA) is 78.9 Å². The van der Waals surface area contributed by atoms with E-state index in [1.54, 1.807) is 0 Å². The summed E-state index contributed by atoms with van der Waals surface area (Å²) in [5, 5.41) is 0. The zero-order valence-electron chi connectivity index (χ0n) is 52.5. The van der Waals surface area contributed by atoms with Gasteiger partial charge < -0.3 is 14.2 Å². The fourth-order valence-corrected chi connectivity index (χ4v) is 10.4. The molecule has 0 rings (SSSR count). The molecule has 0 spiro atoms. The van der Waals surface area contributed by atoms with Crippen molar-refractivity contribution >= 4 is 17.9 Å². The third-order valence-electron chi connectivity index (χ3n) is 15.6. The van der Waals surface area contributed by atoms with Gasteiger partial charge in [-0.05, 0) is 57.8 Å². The Morgan fingerprint density at radius 1 is 0.269 bits per heavy atom. The zero-order chi connectivity index (χ0) is 56.4. The van der Waals surface area contributed by atoms with Gasteiger partial charge in [0.05, 0.1) is 0 Å². The largest absolute Gasteiger partial charge is 0.462 e. The zero-order valence-corrected chi connectivity index (χ0v) is 52.5. The monoisotopic (exact) mass is 1090 g/mol. The second kappa shape index (κ2) is 66.9. The predicted molar refractivity (Wildman–Crippen MR) is 339 cm³/mol. The maximum Gasteiger partial charge on any atom is 0.306 e. The Bertz CT molecular complexity index is 1350. The van der Waals surface area contributed by atoms with E-state index in [2.05, 4.69) is 69.4 Å². The van der Waals surface area contributed by atoms with E-state index in [1.807, 2.05) is 0 Å². The molecule has 0 aromatic heterocycles. The number of hydrogen-bond donors (Lipinski definition) is 0. The molecule has 456 valence electrons. The first-order chi connectivity index (χ1) is 38.5. The molecule has 0 fully saturated rings. The van der Waals surface area contributed by atoms with Gasteiger partial charge in [-0.25, -0.2) is 0 Å². The molecule has 1 atom stereocenters. The normalized spacial score (nSPS) is 12.3. The van der Waals surface area contributed by atoms with Crippen LogP contribution in [0.4, 0.5) is 0 Å². The van der Waals surface area contributed by atoms with Crippen LogP contribution in [0.25, 0.3) is 0 Å². The molecule has 6 nitrogen and oxygen atoms in total. The minimum absolute atomic E-state index is 0.0756. The van der Waals surface area contributed by atoms with Crippen molar-refractivity contribution in [3.63, 3.8) is 0 Å². The minimum atomic E-state index is -0.777. The lowest BCUT2D eigenvalue weighted by Crippen LogP contribution is -2.30. The Morgan fingerprint density at radius 2 is 0.500 bits per heavy atom. The first-order valence-electron chi connectivity index (χ1n) is 34.6. The molecule has 0 aliphatic rings. The fourth-order valence-electron chi connectivity index (χ4n) is 10.4. The number of allylic oxidation sites excluding steroid dienone is 8. The van der Waals surface area contributed by atoms with Gasteiger partial charge in [0.15, 0.2) is 6.10 Å². The maximum absolute atomic E-state index is 12.8. The van der Waals surface area contributed by atoms with Crippen molar-refractivity contribution < 1.29 is 28.6 Å². The van der Waals surface area contributed by atoms with Gasteiger partial charge in [-0.1, -0.05) is 345 Å². The van der Waals surface area contributed by atoms with E-state index >= 15 is 0 Å². The summed E-state index contributed by atoms with van der Waals surface area (Å²) in [4.78, 5) is 38.0. The van der Waals surface area contributed by atoms with Gasteiger partial charge in [-0.3, -0.25) is 14.4 Å². The van der Waals surface area contributed by atoms with Crippen LogP contribution in [0, 0.1) is 0 Å². The summed E-state index contributed by atoms with van der Waals surface area (Å²) in [5.74, 6) is -0.881. The van der Waals surface area contributed by atoms with Crippen LogP contribution in [0.5, 0.6) is 0 Å². The first-order valence-corrected chi connectivity index (χ1v) is 34.6. The highest BCUT2D eigenvalue weighted by Gasteiger charge is 2.19. The summed E-state index contributed by atoms with van der Waals surface area (Å²) >= 11 is 0. The molecule has 0 aliphatic carbocycles.